The van der Waals surface area contributed by atoms with Gasteiger partial charge >= 0.3 is 0 Å². The van der Waals surface area contributed by atoms with Crippen LogP contribution in [0.5, 0.6) is 5.75 Å². The molecule has 3 aromatic rings. The van der Waals surface area contributed by atoms with Crippen LogP contribution in [0.4, 0.5) is 0 Å². The van der Waals surface area contributed by atoms with Gasteiger partial charge in [0.1, 0.15) is 5.75 Å². The Kier molecular flexibility index (Phi) is 9.62. The van der Waals surface area contributed by atoms with E-state index in [1.165, 1.54) is 0 Å². The molecule has 2 aliphatic rings. The van der Waals surface area contributed by atoms with Gasteiger partial charge in [-0.2, -0.15) is 0 Å². The number of nitrogens with zero attached hydrogens (tertiary/aromatic N) is 2. The Morgan fingerprint density at radius 2 is 1.74 bits per heavy atom. The summed E-state index contributed by atoms with van der Waals surface area (Å²) in [4.78, 5) is 19.4. The molecule has 42 heavy (non-hydrogen) atoms. The van der Waals surface area contributed by atoms with Gasteiger partial charge in [0.05, 0.1) is 17.3 Å². The maximum Gasteiger partial charge on any atom is 0.266 e. The lowest BCUT2D eigenvalue weighted by molar-refractivity contribution is -0.133. The fourth-order valence-corrected chi connectivity index (χ4v) is 7.02. The van der Waals surface area contributed by atoms with Crippen LogP contribution in [0.25, 0.3) is 0 Å². The highest BCUT2D eigenvalue weighted by Gasteiger charge is 2.54. The van der Waals surface area contributed by atoms with Gasteiger partial charge in [0.25, 0.3) is 5.91 Å². The minimum Gasteiger partial charge on any atom is -0.494 e. The molecular formula is C31H34BrN3O6S. The zero-order valence-electron chi connectivity index (χ0n) is 23.1. The van der Waals surface area contributed by atoms with Crippen molar-refractivity contribution >= 4 is 37.6 Å². The Bertz CT molecular complexity index is 1510. The number of aliphatic hydroxyl groups excluding tert-OH is 1. The van der Waals surface area contributed by atoms with Gasteiger partial charge in [-0.1, -0.05) is 52.3 Å². The standard InChI is InChI=1S/C31H34BrN3O6S/c32-27-12-5-4-11-26(27)28-31(30(37)34-35-18-6-7-19-35,17-22-42(38,39)25-9-2-1-3-10-25)33-29(41-28)23-13-15-24(16-14-23)40-21-8-20-36/h1-5,9-16,28,36H,6-8,17-22H2,(H,34,37)/t28-,31-/m0/s1. The van der Waals surface area contributed by atoms with Gasteiger partial charge < -0.3 is 14.6 Å². The van der Waals surface area contributed by atoms with Crippen LogP contribution in [0.15, 0.2) is 93.2 Å². The third kappa shape index (κ3) is 6.70. The van der Waals surface area contributed by atoms with Crippen molar-refractivity contribution in [1.29, 1.82) is 0 Å². The van der Waals surface area contributed by atoms with Gasteiger partial charge in [-0.25, -0.2) is 18.4 Å². The first-order chi connectivity index (χ1) is 20.3. The van der Waals surface area contributed by atoms with Gasteiger partial charge in [0.15, 0.2) is 21.5 Å². The highest BCUT2D eigenvalue weighted by molar-refractivity contribution is 9.10. The van der Waals surface area contributed by atoms with Crippen LogP contribution in [0, 0.1) is 0 Å². The fraction of sp³-hybridized carbons (Fsp3) is 0.355. The van der Waals surface area contributed by atoms with Crippen LogP contribution in [0.3, 0.4) is 0 Å². The molecule has 0 spiro atoms. The van der Waals surface area contributed by atoms with E-state index in [9.17, 15) is 13.2 Å². The summed E-state index contributed by atoms with van der Waals surface area (Å²) < 4.78 is 39.8. The van der Waals surface area contributed by atoms with Gasteiger partial charge in [0.2, 0.25) is 5.90 Å². The van der Waals surface area contributed by atoms with E-state index < -0.39 is 27.4 Å². The molecule has 1 saturated heterocycles. The summed E-state index contributed by atoms with van der Waals surface area (Å²) in [7, 11) is -3.73. The third-order valence-electron chi connectivity index (χ3n) is 7.44. The summed E-state index contributed by atoms with van der Waals surface area (Å²) in [5, 5.41) is 10.9. The summed E-state index contributed by atoms with van der Waals surface area (Å²) >= 11 is 3.61. The lowest BCUT2D eigenvalue weighted by atomic mass is 9.85. The molecule has 0 aromatic heterocycles. The van der Waals surface area contributed by atoms with Crippen molar-refractivity contribution < 1.29 is 27.8 Å². The maximum atomic E-state index is 14.3. The molecule has 2 aliphatic heterocycles. The van der Waals surface area contributed by atoms with E-state index in [1.54, 1.807) is 54.6 Å². The largest absolute Gasteiger partial charge is 0.494 e. The average molecular weight is 657 g/mol. The molecule has 0 aliphatic carbocycles. The average Bonchev–Trinajstić information content (AvgIpc) is 3.66. The van der Waals surface area contributed by atoms with Crippen molar-refractivity contribution in [2.24, 2.45) is 4.99 Å². The first-order valence-corrected chi connectivity index (χ1v) is 16.5. The zero-order chi connectivity index (χ0) is 29.6. The number of rotatable bonds is 12. The Labute approximate surface area is 254 Å². The van der Waals surface area contributed by atoms with Crippen LogP contribution in [-0.4, -0.2) is 67.9 Å². The minimum atomic E-state index is -3.73. The van der Waals surface area contributed by atoms with E-state index in [1.807, 2.05) is 29.3 Å². The Balaban J connectivity index is 1.55. The van der Waals surface area contributed by atoms with Crippen molar-refractivity contribution in [3.63, 3.8) is 0 Å². The van der Waals surface area contributed by atoms with Crippen molar-refractivity contribution in [3.05, 3.63) is 94.5 Å². The van der Waals surface area contributed by atoms with E-state index in [4.69, 9.17) is 19.6 Å². The number of hydrazine groups is 1. The number of hydrogen-bond donors (Lipinski definition) is 2. The van der Waals surface area contributed by atoms with Gasteiger partial charge in [-0.3, -0.25) is 10.2 Å². The molecule has 0 radical (unpaired) electrons. The number of nitrogens with one attached hydrogen (secondary N) is 1. The molecule has 2 atom stereocenters. The SMILES string of the molecule is O=C(NN1CCCC1)[C@@]1(CCS(=O)(=O)c2ccccc2)N=C(c2ccc(OCCCO)cc2)O[C@H]1c1ccccc1Br. The summed E-state index contributed by atoms with van der Waals surface area (Å²) in [6.45, 7) is 1.84. The Morgan fingerprint density at radius 3 is 2.43 bits per heavy atom. The first-order valence-electron chi connectivity index (χ1n) is 14.0. The molecule has 3 aromatic carbocycles. The Hall–Kier alpha value is -3.25. The molecule has 0 saturated carbocycles. The number of hydrogen-bond acceptors (Lipinski definition) is 8. The van der Waals surface area contributed by atoms with Gasteiger partial charge in [-0.05, 0) is 55.3 Å². The van der Waals surface area contributed by atoms with E-state index in [-0.39, 0.29) is 29.6 Å². The molecule has 5 rings (SSSR count). The third-order valence-corrected chi connectivity index (χ3v) is 9.89. The van der Waals surface area contributed by atoms with Crippen LogP contribution >= 0.6 is 15.9 Å². The molecule has 11 heteroatoms. The second-order valence-electron chi connectivity index (χ2n) is 10.3. The fourth-order valence-electron chi connectivity index (χ4n) is 5.14. The van der Waals surface area contributed by atoms with Crippen molar-refractivity contribution in [2.45, 2.75) is 42.2 Å². The number of carbonyl (C=O) groups is 1. The summed E-state index contributed by atoms with van der Waals surface area (Å²) in [6.07, 6.45) is 1.45. The molecule has 222 valence electrons. The molecule has 0 unspecified atom stereocenters. The number of ether oxygens (including phenoxy) is 2. The monoisotopic (exact) mass is 655 g/mol. The minimum absolute atomic E-state index is 0.0424. The number of aliphatic hydroxyl groups is 1. The summed E-state index contributed by atoms with van der Waals surface area (Å²) in [5.41, 5.74) is 2.77. The molecular weight excluding hydrogens is 622 g/mol. The van der Waals surface area contributed by atoms with E-state index in [2.05, 4.69) is 21.4 Å². The molecule has 2 N–H and O–H groups in total. The topological polar surface area (TPSA) is 118 Å². The second-order valence-corrected chi connectivity index (χ2v) is 13.3. The van der Waals surface area contributed by atoms with Crippen LogP contribution in [0.1, 0.15) is 42.9 Å². The molecule has 0 bridgehead atoms. The highest BCUT2D eigenvalue weighted by Crippen LogP contribution is 2.45. The van der Waals surface area contributed by atoms with Crippen molar-refractivity contribution in [3.8, 4) is 5.75 Å². The van der Waals surface area contributed by atoms with Crippen LogP contribution in [-0.2, 0) is 19.4 Å². The van der Waals surface area contributed by atoms with E-state index >= 15 is 0 Å². The quantitative estimate of drug-likeness (QED) is 0.277. The highest BCUT2D eigenvalue weighted by atomic mass is 79.9. The second kappa shape index (κ2) is 13.4. The molecule has 9 nitrogen and oxygen atoms in total. The number of aliphatic imine (C=N–C) groups is 1. The Morgan fingerprint density at radius 1 is 1.05 bits per heavy atom. The summed E-state index contributed by atoms with van der Waals surface area (Å²) in [5.74, 6) is 0.155. The van der Waals surface area contributed by atoms with Crippen LogP contribution < -0.4 is 10.2 Å². The number of benzene rings is 3. The van der Waals surface area contributed by atoms with E-state index in [0.717, 1.165) is 17.3 Å². The molecule has 1 fully saturated rings. The van der Waals surface area contributed by atoms with Gasteiger partial charge in [0, 0.05) is 48.1 Å². The number of amides is 1. The number of halogens is 1. The van der Waals surface area contributed by atoms with Crippen molar-refractivity contribution in [1.82, 2.24) is 10.4 Å². The lowest BCUT2D eigenvalue weighted by Gasteiger charge is -2.32. The predicted molar refractivity (Wildman–Crippen MR) is 163 cm³/mol. The predicted octanol–water partition coefficient (Wildman–Crippen LogP) is 4.46. The van der Waals surface area contributed by atoms with Crippen LogP contribution in [0.2, 0.25) is 0 Å². The molecule has 2 heterocycles. The van der Waals surface area contributed by atoms with E-state index in [0.29, 0.717) is 43.0 Å². The van der Waals surface area contributed by atoms with Crippen molar-refractivity contribution in [2.75, 3.05) is 32.1 Å². The normalized spacial score (nSPS) is 20.6. The lowest BCUT2D eigenvalue weighted by Crippen LogP contribution is -2.54. The first kappa shape index (κ1) is 30.2. The smallest absolute Gasteiger partial charge is 0.266 e. The maximum absolute atomic E-state index is 14.3. The number of sulfone groups is 1. The summed E-state index contributed by atoms with van der Waals surface area (Å²) in [6, 6.07) is 22.8. The van der Waals surface area contributed by atoms with Gasteiger partial charge in [-0.15, -0.1) is 0 Å². The zero-order valence-corrected chi connectivity index (χ0v) is 25.5. The molecule has 1 amide bonds. The number of carbonyl (C=O) groups excluding carboxylic acids is 1.